The Morgan fingerprint density at radius 1 is 1.06 bits per heavy atom. The van der Waals surface area contributed by atoms with Crippen LogP contribution in [0.1, 0.15) is 5.56 Å². The molecule has 2 aromatic rings. The van der Waals surface area contributed by atoms with Crippen molar-refractivity contribution in [3.63, 3.8) is 0 Å². The smallest absolute Gasteiger partial charge is 0.231 e. The first kappa shape index (κ1) is 11.4. The Labute approximate surface area is 113 Å². The van der Waals surface area contributed by atoms with Gasteiger partial charge < -0.3 is 14.2 Å². The molecule has 1 aliphatic rings. The predicted octanol–water partition coefficient (Wildman–Crippen LogP) is 3.76. The molecule has 0 aliphatic carbocycles. The van der Waals surface area contributed by atoms with Crippen molar-refractivity contribution in [2.24, 2.45) is 0 Å². The summed E-state index contributed by atoms with van der Waals surface area (Å²) < 4.78 is 17.3. The van der Waals surface area contributed by atoms with Gasteiger partial charge in [-0.05, 0) is 29.8 Å². The number of ether oxygens (including phenoxy) is 3. The molecule has 0 fully saturated rings. The second-order valence-electron chi connectivity index (χ2n) is 3.93. The minimum Gasteiger partial charge on any atom is -0.489 e. The van der Waals surface area contributed by atoms with E-state index < -0.39 is 0 Å². The average molecular weight is 307 g/mol. The van der Waals surface area contributed by atoms with Gasteiger partial charge in [-0.1, -0.05) is 28.1 Å². The first-order valence-corrected chi connectivity index (χ1v) is 6.37. The minimum atomic E-state index is 0.282. The van der Waals surface area contributed by atoms with Gasteiger partial charge in [0, 0.05) is 10.5 Å². The van der Waals surface area contributed by atoms with Crippen LogP contribution in [0, 0.1) is 0 Å². The van der Waals surface area contributed by atoms with E-state index in [9.17, 15) is 0 Å². The van der Waals surface area contributed by atoms with Crippen LogP contribution in [0.4, 0.5) is 0 Å². The van der Waals surface area contributed by atoms with Crippen LogP contribution in [-0.2, 0) is 6.61 Å². The number of hydrogen-bond donors (Lipinski definition) is 0. The zero-order valence-electron chi connectivity index (χ0n) is 9.56. The maximum atomic E-state index is 5.72. The predicted molar refractivity (Wildman–Crippen MR) is 71.0 cm³/mol. The fraction of sp³-hybridized carbons (Fsp3) is 0.143. The summed E-state index contributed by atoms with van der Waals surface area (Å²) in [6.07, 6.45) is 0. The van der Waals surface area contributed by atoms with E-state index in [0.29, 0.717) is 6.61 Å². The van der Waals surface area contributed by atoms with E-state index in [1.165, 1.54) is 0 Å². The molecule has 0 aromatic heterocycles. The second-order valence-corrected chi connectivity index (χ2v) is 4.85. The molecule has 92 valence electrons. The first-order valence-electron chi connectivity index (χ1n) is 5.58. The van der Waals surface area contributed by atoms with Gasteiger partial charge in [0.05, 0.1) is 0 Å². The van der Waals surface area contributed by atoms with Crippen molar-refractivity contribution in [3.8, 4) is 17.2 Å². The third-order valence-electron chi connectivity index (χ3n) is 2.64. The number of benzene rings is 2. The minimum absolute atomic E-state index is 0.282. The molecule has 0 N–H and O–H groups in total. The summed E-state index contributed by atoms with van der Waals surface area (Å²) in [7, 11) is 0. The highest BCUT2D eigenvalue weighted by Gasteiger charge is 2.13. The van der Waals surface area contributed by atoms with Crippen LogP contribution in [-0.4, -0.2) is 6.79 Å². The van der Waals surface area contributed by atoms with E-state index in [1.807, 2.05) is 42.5 Å². The lowest BCUT2D eigenvalue weighted by atomic mass is 10.2. The topological polar surface area (TPSA) is 27.7 Å². The summed E-state index contributed by atoms with van der Waals surface area (Å²) >= 11 is 3.44. The van der Waals surface area contributed by atoms with Crippen molar-refractivity contribution in [1.29, 1.82) is 0 Å². The van der Waals surface area contributed by atoms with E-state index >= 15 is 0 Å². The molecule has 1 aliphatic heterocycles. The summed E-state index contributed by atoms with van der Waals surface area (Å²) in [5.41, 5.74) is 1.11. The third-order valence-corrected chi connectivity index (χ3v) is 3.13. The van der Waals surface area contributed by atoms with Crippen molar-refractivity contribution in [1.82, 2.24) is 0 Å². The van der Waals surface area contributed by atoms with Gasteiger partial charge in [0.25, 0.3) is 0 Å². The third kappa shape index (κ3) is 2.43. The fourth-order valence-electron chi connectivity index (χ4n) is 1.76. The van der Waals surface area contributed by atoms with E-state index in [4.69, 9.17) is 14.2 Å². The number of halogens is 1. The summed E-state index contributed by atoms with van der Waals surface area (Å²) in [6.45, 7) is 0.809. The molecule has 0 radical (unpaired) electrons. The SMILES string of the molecule is Brc1cccc(COc2ccc3c(c2)OCO3)c1. The van der Waals surface area contributed by atoms with Gasteiger partial charge in [0.1, 0.15) is 12.4 Å². The molecule has 0 bridgehead atoms. The molecule has 0 amide bonds. The summed E-state index contributed by atoms with van der Waals surface area (Å²) in [5.74, 6) is 2.28. The lowest BCUT2D eigenvalue weighted by Crippen LogP contribution is -1.95. The Morgan fingerprint density at radius 2 is 1.94 bits per heavy atom. The lowest BCUT2D eigenvalue weighted by Gasteiger charge is -2.07. The Balaban J connectivity index is 1.70. The molecule has 3 rings (SSSR count). The zero-order chi connectivity index (χ0) is 12.4. The molecule has 0 saturated carbocycles. The van der Waals surface area contributed by atoms with Crippen molar-refractivity contribution >= 4 is 15.9 Å². The van der Waals surface area contributed by atoms with Crippen molar-refractivity contribution in [2.75, 3.05) is 6.79 Å². The highest BCUT2D eigenvalue weighted by Crippen LogP contribution is 2.35. The maximum absolute atomic E-state index is 5.72. The summed E-state index contributed by atoms with van der Waals surface area (Å²) in [6, 6.07) is 13.6. The molecule has 4 heteroatoms. The monoisotopic (exact) mass is 306 g/mol. The Kier molecular flexibility index (Phi) is 3.11. The molecule has 3 nitrogen and oxygen atoms in total. The zero-order valence-corrected chi connectivity index (χ0v) is 11.1. The summed E-state index contributed by atoms with van der Waals surface area (Å²) in [5, 5.41) is 0. The molecule has 0 spiro atoms. The van der Waals surface area contributed by atoms with Crippen LogP contribution in [0.3, 0.4) is 0 Å². The highest BCUT2D eigenvalue weighted by atomic mass is 79.9. The lowest BCUT2D eigenvalue weighted by molar-refractivity contribution is 0.173. The van der Waals surface area contributed by atoms with Gasteiger partial charge in [-0.2, -0.15) is 0 Å². The van der Waals surface area contributed by atoms with Crippen LogP contribution in [0.5, 0.6) is 17.2 Å². The molecule has 0 atom stereocenters. The quantitative estimate of drug-likeness (QED) is 0.864. The van der Waals surface area contributed by atoms with Crippen LogP contribution in [0.25, 0.3) is 0 Å². The van der Waals surface area contributed by atoms with E-state index in [0.717, 1.165) is 27.3 Å². The van der Waals surface area contributed by atoms with Gasteiger partial charge in [-0.25, -0.2) is 0 Å². The summed E-state index contributed by atoms with van der Waals surface area (Å²) in [4.78, 5) is 0. The number of hydrogen-bond acceptors (Lipinski definition) is 3. The van der Waals surface area contributed by atoms with Gasteiger partial charge >= 0.3 is 0 Å². The van der Waals surface area contributed by atoms with Crippen LogP contribution in [0.15, 0.2) is 46.9 Å². The molecule has 0 unspecified atom stereocenters. The van der Waals surface area contributed by atoms with E-state index in [2.05, 4.69) is 15.9 Å². The largest absolute Gasteiger partial charge is 0.489 e. The molecule has 18 heavy (non-hydrogen) atoms. The highest BCUT2D eigenvalue weighted by molar-refractivity contribution is 9.10. The average Bonchev–Trinajstić information content (AvgIpc) is 2.84. The van der Waals surface area contributed by atoms with Crippen molar-refractivity contribution in [2.45, 2.75) is 6.61 Å². The van der Waals surface area contributed by atoms with Gasteiger partial charge in [0.15, 0.2) is 11.5 Å². The number of fused-ring (bicyclic) bond motifs is 1. The fourth-order valence-corrected chi connectivity index (χ4v) is 2.21. The number of rotatable bonds is 3. The molecule has 1 heterocycles. The van der Waals surface area contributed by atoms with Gasteiger partial charge in [-0.15, -0.1) is 0 Å². The van der Waals surface area contributed by atoms with Crippen molar-refractivity contribution in [3.05, 3.63) is 52.5 Å². The molecule has 2 aromatic carbocycles. The van der Waals surface area contributed by atoms with E-state index in [1.54, 1.807) is 0 Å². The van der Waals surface area contributed by atoms with E-state index in [-0.39, 0.29) is 6.79 Å². The Morgan fingerprint density at radius 3 is 2.83 bits per heavy atom. The van der Waals surface area contributed by atoms with Gasteiger partial charge in [0.2, 0.25) is 6.79 Å². The Bertz CT molecular complexity index is 569. The molecular formula is C14H11BrO3. The van der Waals surface area contributed by atoms with Crippen LogP contribution < -0.4 is 14.2 Å². The van der Waals surface area contributed by atoms with Crippen LogP contribution >= 0.6 is 15.9 Å². The normalized spacial score (nSPS) is 12.5. The molecular weight excluding hydrogens is 296 g/mol. The Hall–Kier alpha value is -1.68. The standard InChI is InChI=1S/C14H11BrO3/c15-11-3-1-2-10(6-11)8-16-12-4-5-13-14(7-12)18-9-17-13/h1-7H,8-9H2. The second kappa shape index (κ2) is 4.90. The maximum Gasteiger partial charge on any atom is 0.231 e. The van der Waals surface area contributed by atoms with Gasteiger partial charge in [-0.3, -0.25) is 0 Å². The van der Waals surface area contributed by atoms with Crippen molar-refractivity contribution < 1.29 is 14.2 Å². The molecule has 0 saturated heterocycles. The first-order chi connectivity index (χ1) is 8.81. The van der Waals surface area contributed by atoms with Crippen LogP contribution in [0.2, 0.25) is 0 Å².